The summed E-state index contributed by atoms with van der Waals surface area (Å²) < 4.78 is 0. The second-order valence-corrected chi connectivity index (χ2v) is 3.23. The largest absolute Gasteiger partial charge is 0.320 e. The van der Waals surface area contributed by atoms with Crippen molar-refractivity contribution >= 4 is 5.69 Å². The van der Waals surface area contributed by atoms with Gasteiger partial charge in [0.15, 0.2) is 6.10 Å². The maximum absolute atomic E-state index is 11.3. The van der Waals surface area contributed by atoms with Gasteiger partial charge in [0.05, 0.1) is 4.91 Å². The van der Waals surface area contributed by atoms with Gasteiger partial charge in [0.2, 0.25) is 0 Å². The molecule has 1 unspecified atom stereocenters. The van der Waals surface area contributed by atoms with Crippen molar-refractivity contribution < 1.29 is 9.76 Å². The first-order valence-electron chi connectivity index (χ1n) is 4.53. The highest BCUT2D eigenvalue weighted by molar-refractivity contribution is 5.40. The predicted molar refractivity (Wildman–Crippen MR) is 48.6 cm³/mol. The van der Waals surface area contributed by atoms with Crippen molar-refractivity contribution in [3.05, 3.63) is 34.7 Å². The fourth-order valence-corrected chi connectivity index (χ4v) is 1.56. The number of hydrogen-bond donors (Lipinski definition) is 0. The normalized spacial score (nSPS) is 20.7. The average molecular weight is 178 g/mol. The van der Waals surface area contributed by atoms with Crippen LogP contribution >= 0.6 is 0 Å². The Bertz CT molecular complexity index is 335. The van der Waals surface area contributed by atoms with Crippen molar-refractivity contribution in [1.82, 2.24) is 0 Å². The molecule has 2 rings (SSSR count). The number of para-hydroxylation sites is 1. The molecule has 1 heterocycles. The van der Waals surface area contributed by atoms with Gasteiger partial charge in [-0.15, -0.1) is 0 Å². The van der Waals surface area contributed by atoms with Crippen LogP contribution < -0.4 is 0 Å². The Hall–Kier alpha value is -1.38. The standard InChI is InChI=1S/C10H12NO2/c1-2-9-7-8-5-3-4-6-10(8)11(12)13-9/h3-6,9H,2,7H2,1H3/q+1. The van der Waals surface area contributed by atoms with Crippen LogP contribution in [0.15, 0.2) is 24.3 Å². The highest BCUT2D eigenvalue weighted by Crippen LogP contribution is 2.27. The quantitative estimate of drug-likeness (QED) is 0.660. The third kappa shape index (κ3) is 1.41. The van der Waals surface area contributed by atoms with Crippen molar-refractivity contribution in [3.8, 4) is 0 Å². The SMILES string of the molecule is CCC1Cc2ccccc2[N+](=O)O1. The maximum Gasteiger partial charge on any atom is 0.320 e. The lowest BCUT2D eigenvalue weighted by atomic mass is 10.0. The lowest BCUT2D eigenvalue weighted by molar-refractivity contribution is -0.761. The summed E-state index contributed by atoms with van der Waals surface area (Å²) in [4.78, 5) is 17.1. The summed E-state index contributed by atoms with van der Waals surface area (Å²) >= 11 is 0. The Balaban J connectivity index is 2.37. The fraction of sp³-hybridized carbons (Fsp3) is 0.400. The van der Waals surface area contributed by atoms with E-state index in [0.29, 0.717) is 10.6 Å². The van der Waals surface area contributed by atoms with Gasteiger partial charge in [-0.05, 0) is 6.42 Å². The fourth-order valence-electron chi connectivity index (χ4n) is 1.56. The first-order valence-corrected chi connectivity index (χ1v) is 4.53. The first-order chi connectivity index (χ1) is 6.31. The van der Waals surface area contributed by atoms with E-state index >= 15 is 0 Å². The molecule has 1 aromatic carbocycles. The van der Waals surface area contributed by atoms with E-state index in [2.05, 4.69) is 0 Å². The highest BCUT2D eigenvalue weighted by atomic mass is 16.8. The van der Waals surface area contributed by atoms with Gasteiger partial charge in [0.1, 0.15) is 0 Å². The maximum atomic E-state index is 11.3. The van der Waals surface area contributed by atoms with E-state index in [0.717, 1.165) is 18.4 Å². The molecule has 0 aliphatic carbocycles. The molecule has 0 aromatic heterocycles. The number of nitrogens with zero attached hydrogens (tertiary/aromatic N) is 1. The molecule has 0 saturated heterocycles. The monoisotopic (exact) mass is 178 g/mol. The average Bonchev–Trinajstić information content (AvgIpc) is 2.18. The predicted octanol–water partition coefficient (Wildman–Crippen LogP) is 2.36. The molecule has 13 heavy (non-hydrogen) atoms. The molecule has 3 heteroatoms. The molecular formula is C10H12NO2+. The molecule has 1 aliphatic rings. The first kappa shape index (κ1) is 8.23. The van der Waals surface area contributed by atoms with Crippen molar-refractivity contribution in [2.45, 2.75) is 25.9 Å². The van der Waals surface area contributed by atoms with Gasteiger partial charge < -0.3 is 0 Å². The van der Waals surface area contributed by atoms with Crippen LogP contribution in [-0.2, 0) is 11.3 Å². The third-order valence-corrected chi connectivity index (χ3v) is 2.34. The molecule has 0 amide bonds. The van der Waals surface area contributed by atoms with E-state index in [1.807, 2.05) is 25.1 Å². The number of hydrogen-bond acceptors (Lipinski definition) is 2. The van der Waals surface area contributed by atoms with Gasteiger partial charge in [-0.25, -0.2) is 4.84 Å². The van der Waals surface area contributed by atoms with Gasteiger partial charge in [-0.3, -0.25) is 0 Å². The molecule has 0 radical (unpaired) electrons. The van der Waals surface area contributed by atoms with Gasteiger partial charge >= 0.3 is 5.69 Å². The second-order valence-electron chi connectivity index (χ2n) is 3.23. The summed E-state index contributed by atoms with van der Waals surface area (Å²) in [5.74, 6) is 0. The van der Waals surface area contributed by atoms with Gasteiger partial charge in [0, 0.05) is 18.1 Å². The summed E-state index contributed by atoms with van der Waals surface area (Å²) in [5, 5.41) is 0. The molecule has 0 saturated carbocycles. The molecule has 0 N–H and O–H groups in total. The van der Waals surface area contributed by atoms with Crippen LogP contribution in [0, 0.1) is 4.91 Å². The van der Waals surface area contributed by atoms with Crippen molar-refractivity contribution in [1.29, 1.82) is 0 Å². The molecule has 1 atom stereocenters. The smallest absolute Gasteiger partial charge is 0.223 e. The Kier molecular flexibility index (Phi) is 2.00. The van der Waals surface area contributed by atoms with Crippen molar-refractivity contribution in [3.63, 3.8) is 0 Å². The zero-order valence-corrected chi connectivity index (χ0v) is 7.56. The molecule has 0 bridgehead atoms. The van der Waals surface area contributed by atoms with E-state index in [1.54, 1.807) is 6.07 Å². The van der Waals surface area contributed by atoms with E-state index in [1.165, 1.54) is 0 Å². The van der Waals surface area contributed by atoms with Crippen LogP contribution in [0.4, 0.5) is 5.69 Å². The zero-order chi connectivity index (χ0) is 9.26. The number of fused-ring (bicyclic) bond motifs is 1. The molecule has 0 spiro atoms. The molecular weight excluding hydrogens is 166 g/mol. The lowest BCUT2D eigenvalue weighted by Gasteiger charge is -2.14. The number of rotatable bonds is 1. The van der Waals surface area contributed by atoms with E-state index < -0.39 is 0 Å². The third-order valence-electron chi connectivity index (χ3n) is 2.34. The van der Waals surface area contributed by atoms with Gasteiger partial charge in [-0.1, -0.05) is 25.1 Å². The second kappa shape index (κ2) is 3.17. The van der Waals surface area contributed by atoms with Crippen LogP contribution in [0.2, 0.25) is 0 Å². The minimum absolute atomic E-state index is 0.0346. The van der Waals surface area contributed by atoms with Crippen LogP contribution in [0.1, 0.15) is 18.9 Å². The van der Waals surface area contributed by atoms with Crippen LogP contribution in [-0.4, -0.2) is 11.0 Å². The summed E-state index contributed by atoms with van der Waals surface area (Å²) in [7, 11) is 0. The van der Waals surface area contributed by atoms with Gasteiger partial charge in [-0.2, -0.15) is 0 Å². The Labute approximate surface area is 76.9 Å². The van der Waals surface area contributed by atoms with Crippen LogP contribution in [0.25, 0.3) is 0 Å². The molecule has 1 aromatic rings. The molecule has 0 fully saturated rings. The topological polar surface area (TPSA) is 29.3 Å². The summed E-state index contributed by atoms with van der Waals surface area (Å²) in [6, 6.07) is 7.56. The van der Waals surface area contributed by atoms with E-state index in [-0.39, 0.29) is 6.10 Å². The lowest BCUT2D eigenvalue weighted by Crippen LogP contribution is -2.25. The molecule has 3 nitrogen and oxygen atoms in total. The van der Waals surface area contributed by atoms with Gasteiger partial charge in [0.25, 0.3) is 4.92 Å². The molecule has 68 valence electrons. The number of benzene rings is 1. The van der Waals surface area contributed by atoms with E-state index in [4.69, 9.17) is 4.84 Å². The van der Waals surface area contributed by atoms with Crippen molar-refractivity contribution in [2.75, 3.05) is 0 Å². The highest BCUT2D eigenvalue weighted by Gasteiger charge is 2.32. The van der Waals surface area contributed by atoms with Crippen LogP contribution in [0.3, 0.4) is 0 Å². The Morgan fingerprint density at radius 3 is 3.08 bits per heavy atom. The summed E-state index contributed by atoms with van der Waals surface area (Å²) in [6.45, 7) is 2.02. The molecule has 1 aliphatic heterocycles. The minimum Gasteiger partial charge on any atom is -0.223 e. The van der Waals surface area contributed by atoms with Crippen LogP contribution in [0.5, 0.6) is 0 Å². The van der Waals surface area contributed by atoms with Crippen molar-refractivity contribution in [2.24, 2.45) is 0 Å². The Morgan fingerprint density at radius 2 is 2.31 bits per heavy atom. The van der Waals surface area contributed by atoms with E-state index in [9.17, 15) is 4.91 Å². The Morgan fingerprint density at radius 1 is 1.54 bits per heavy atom. The summed E-state index contributed by atoms with van der Waals surface area (Å²) in [6.07, 6.45) is 1.74. The zero-order valence-electron chi connectivity index (χ0n) is 7.56. The minimum atomic E-state index is 0.0346. The summed E-state index contributed by atoms with van der Waals surface area (Å²) in [5.41, 5.74) is 1.72.